The number of hydrogen-bond donors (Lipinski definition) is 1. The number of anilines is 1. The predicted molar refractivity (Wildman–Crippen MR) is 111 cm³/mol. The van der Waals surface area contributed by atoms with Gasteiger partial charge in [0.25, 0.3) is 15.9 Å². The average molecular weight is 469 g/mol. The molecule has 172 valence electrons. The molecule has 0 bridgehead atoms. The van der Waals surface area contributed by atoms with E-state index < -0.39 is 21.8 Å². The number of halogens is 3. The fourth-order valence-corrected chi connectivity index (χ4v) is 4.42. The summed E-state index contributed by atoms with van der Waals surface area (Å²) >= 11 is 0. The van der Waals surface area contributed by atoms with Gasteiger partial charge in [0.1, 0.15) is 0 Å². The zero-order valence-corrected chi connectivity index (χ0v) is 18.0. The quantitative estimate of drug-likeness (QED) is 0.745. The van der Waals surface area contributed by atoms with Crippen LogP contribution in [0.1, 0.15) is 29.3 Å². The lowest BCUT2D eigenvalue weighted by molar-refractivity contribution is -0.137. The Morgan fingerprint density at radius 2 is 1.56 bits per heavy atom. The minimum absolute atomic E-state index is 0.0536. The van der Waals surface area contributed by atoms with E-state index >= 15 is 0 Å². The summed E-state index contributed by atoms with van der Waals surface area (Å²) in [5.74, 6) is -0.340. The lowest BCUT2D eigenvalue weighted by atomic mass is 10.2. The van der Waals surface area contributed by atoms with E-state index in [9.17, 15) is 31.2 Å². The summed E-state index contributed by atoms with van der Waals surface area (Å²) < 4.78 is 65.8. The highest BCUT2D eigenvalue weighted by Crippen LogP contribution is 2.31. The summed E-state index contributed by atoms with van der Waals surface area (Å²) in [6, 6.07) is 9.04. The highest BCUT2D eigenvalue weighted by Gasteiger charge is 2.31. The third kappa shape index (κ3) is 5.58. The molecular weight excluding hydrogens is 447 g/mol. The fraction of sp³-hybridized carbons (Fsp3) is 0.333. The van der Waals surface area contributed by atoms with Crippen LogP contribution in [0.2, 0.25) is 0 Å². The molecule has 11 heteroatoms. The van der Waals surface area contributed by atoms with Gasteiger partial charge in [0.2, 0.25) is 5.91 Å². The Balaban J connectivity index is 1.72. The van der Waals surface area contributed by atoms with E-state index in [-0.39, 0.29) is 28.0 Å². The molecule has 2 aromatic carbocycles. The maximum Gasteiger partial charge on any atom is 0.416 e. The van der Waals surface area contributed by atoms with Crippen molar-refractivity contribution in [2.24, 2.45) is 0 Å². The first kappa shape index (κ1) is 23.6. The van der Waals surface area contributed by atoms with Gasteiger partial charge >= 0.3 is 6.18 Å². The number of amides is 2. The molecule has 0 radical (unpaired) electrons. The van der Waals surface area contributed by atoms with E-state index in [1.54, 1.807) is 9.80 Å². The van der Waals surface area contributed by atoms with Gasteiger partial charge in [0.05, 0.1) is 10.5 Å². The molecule has 0 unspecified atom stereocenters. The molecule has 7 nitrogen and oxygen atoms in total. The van der Waals surface area contributed by atoms with E-state index in [1.165, 1.54) is 37.3 Å². The molecule has 1 aliphatic rings. The molecule has 1 saturated heterocycles. The van der Waals surface area contributed by atoms with Crippen molar-refractivity contribution in [2.45, 2.75) is 24.4 Å². The third-order valence-corrected chi connectivity index (χ3v) is 6.48. The average Bonchev–Trinajstić information content (AvgIpc) is 2.99. The standard InChI is InChI=1S/C21H22F3N3O4S/c1-15(28)26-10-3-11-27(13-12-26)20(29)16-6-8-19(9-7-16)32(30,31)25-18-5-2-4-17(14-18)21(22,23)24/h2,4-9,14,25H,3,10-13H2,1H3. The Bertz CT molecular complexity index is 1100. The SMILES string of the molecule is CC(=O)N1CCCN(C(=O)c2ccc(S(=O)(=O)Nc3cccc(C(F)(F)F)c3)cc2)CC1. The van der Waals surface area contributed by atoms with Gasteiger partial charge in [-0.25, -0.2) is 8.42 Å². The highest BCUT2D eigenvalue weighted by atomic mass is 32.2. The number of alkyl halides is 3. The first-order chi connectivity index (χ1) is 15.0. The predicted octanol–water partition coefficient (Wildman–Crippen LogP) is 3.20. The van der Waals surface area contributed by atoms with Crippen LogP contribution < -0.4 is 4.72 Å². The first-order valence-electron chi connectivity index (χ1n) is 9.82. The van der Waals surface area contributed by atoms with E-state index in [1.807, 2.05) is 0 Å². The van der Waals surface area contributed by atoms with Crippen molar-refractivity contribution in [2.75, 3.05) is 30.9 Å². The maximum atomic E-state index is 12.9. The van der Waals surface area contributed by atoms with Crippen molar-refractivity contribution in [3.05, 3.63) is 59.7 Å². The van der Waals surface area contributed by atoms with Crippen molar-refractivity contribution < 1.29 is 31.2 Å². The third-order valence-electron chi connectivity index (χ3n) is 5.08. The Kier molecular flexibility index (Phi) is 6.77. The molecule has 2 aromatic rings. The second-order valence-corrected chi connectivity index (χ2v) is 9.04. The van der Waals surface area contributed by atoms with Gasteiger partial charge in [0, 0.05) is 44.4 Å². The van der Waals surface area contributed by atoms with Gasteiger partial charge in [-0.3, -0.25) is 14.3 Å². The molecule has 32 heavy (non-hydrogen) atoms. The normalized spacial score (nSPS) is 15.2. The smallest absolute Gasteiger partial charge is 0.341 e. The Hall–Kier alpha value is -3.08. The molecule has 0 spiro atoms. The zero-order chi connectivity index (χ0) is 23.5. The minimum Gasteiger partial charge on any atom is -0.341 e. The van der Waals surface area contributed by atoms with Crippen molar-refractivity contribution in [3.8, 4) is 0 Å². The van der Waals surface area contributed by atoms with Crippen LogP contribution in [-0.4, -0.2) is 56.2 Å². The molecule has 0 aliphatic carbocycles. The largest absolute Gasteiger partial charge is 0.416 e. The molecule has 1 N–H and O–H groups in total. The van der Waals surface area contributed by atoms with Gasteiger partial charge < -0.3 is 9.80 Å². The number of rotatable bonds is 4. The van der Waals surface area contributed by atoms with Gasteiger partial charge in [-0.2, -0.15) is 13.2 Å². The Morgan fingerprint density at radius 1 is 0.938 bits per heavy atom. The van der Waals surface area contributed by atoms with Crippen molar-refractivity contribution in [3.63, 3.8) is 0 Å². The maximum absolute atomic E-state index is 12.9. The molecule has 1 aliphatic heterocycles. The monoisotopic (exact) mass is 469 g/mol. The van der Waals surface area contributed by atoms with Crippen LogP contribution >= 0.6 is 0 Å². The number of hydrogen-bond acceptors (Lipinski definition) is 4. The molecule has 0 saturated carbocycles. The van der Waals surface area contributed by atoms with Crippen LogP contribution in [0.15, 0.2) is 53.4 Å². The van der Waals surface area contributed by atoms with Crippen LogP contribution in [0, 0.1) is 0 Å². The number of carbonyl (C=O) groups excluding carboxylic acids is 2. The highest BCUT2D eigenvalue weighted by molar-refractivity contribution is 7.92. The van der Waals surface area contributed by atoms with E-state index in [2.05, 4.69) is 4.72 Å². The van der Waals surface area contributed by atoms with Gasteiger partial charge in [-0.15, -0.1) is 0 Å². The van der Waals surface area contributed by atoms with Crippen molar-refractivity contribution in [1.29, 1.82) is 0 Å². The topological polar surface area (TPSA) is 86.8 Å². The zero-order valence-electron chi connectivity index (χ0n) is 17.2. The number of benzene rings is 2. The van der Waals surface area contributed by atoms with E-state index in [0.29, 0.717) is 38.7 Å². The van der Waals surface area contributed by atoms with Crippen LogP contribution in [0.4, 0.5) is 18.9 Å². The van der Waals surface area contributed by atoms with Crippen LogP contribution in [0.5, 0.6) is 0 Å². The molecule has 1 heterocycles. The number of sulfonamides is 1. The van der Waals surface area contributed by atoms with Gasteiger partial charge in [-0.05, 0) is 48.9 Å². The molecular formula is C21H22F3N3O4S. The summed E-state index contributed by atoms with van der Waals surface area (Å²) in [6.07, 6.45) is -3.96. The Morgan fingerprint density at radius 3 is 2.19 bits per heavy atom. The molecule has 1 fully saturated rings. The molecule has 0 atom stereocenters. The molecule has 0 aromatic heterocycles. The summed E-state index contributed by atoms with van der Waals surface area (Å²) in [7, 11) is -4.15. The lowest BCUT2D eigenvalue weighted by Crippen LogP contribution is -2.36. The summed E-state index contributed by atoms with van der Waals surface area (Å²) in [4.78, 5) is 27.4. The van der Waals surface area contributed by atoms with Gasteiger partial charge in [0.15, 0.2) is 0 Å². The van der Waals surface area contributed by atoms with Gasteiger partial charge in [-0.1, -0.05) is 6.07 Å². The minimum atomic E-state index is -4.60. The molecule has 3 rings (SSSR count). The van der Waals surface area contributed by atoms with Crippen molar-refractivity contribution in [1.82, 2.24) is 9.80 Å². The number of nitrogens with zero attached hydrogens (tertiary/aromatic N) is 2. The molecule has 2 amide bonds. The van der Waals surface area contributed by atoms with Crippen LogP contribution in [0.3, 0.4) is 0 Å². The van der Waals surface area contributed by atoms with Crippen LogP contribution in [-0.2, 0) is 21.0 Å². The van der Waals surface area contributed by atoms with Crippen LogP contribution in [0.25, 0.3) is 0 Å². The fourth-order valence-electron chi connectivity index (χ4n) is 3.37. The van der Waals surface area contributed by atoms with Crippen molar-refractivity contribution >= 4 is 27.5 Å². The Labute approximate surface area is 183 Å². The van der Waals surface area contributed by atoms with E-state index in [4.69, 9.17) is 0 Å². The first-order valence-corrected chi connectivity index (χ1v) is 11.3. The summed E-state index contributed by atoms with van der Waals surface area (Å²) in [5.41, 5.74) is -0.918. The lowest BCUT2D eigenvalue weighted by Gasteiger charge is -2.21. The summed E-state index contributed by atoms with van der Waals surface area (Å²) in [6.45, 7) is 3.31. The second kappa shape index (κ2) is 9.19. The summed E-state index contributed by atoms with van der Waals surface area (Å²) in [5, 5.41) is 0. The second-order valence-electron chi connectivity index (χ2n) is 7.36. The van der Waals surface area contributed by atoms with E-state index in [0.717, 1.165) is 12.1 Å². The number of carbonyl (C=O) groups is 2. The number of nitrogens with one attached hydrogen (secondary N) is 1.